The van der Waals surface area contributed by atoms with Crippen LogP contribution in [0.4, 0.5) is 0 Å². The Hall–Kier alpha value is -2.33. The molecule has 0 saturated carbocycles. The number of benzene rings is 2. The van der Waals surface area contributed by atoms with Gasteiger partial charge in [-0.05, 0) is 40.3 Å². The van der Waals surface area contributed by atoms with Crippen molar-refractivity contribution in [2.24, 2.45) is 0 Å². The molecule has 0 aliphatic heterocycles. The van der Waals surface area contributed by atoms with Crippen molar-refractivity contribution >= 4 is 6.08 Å². The second-order valence-corrected chi connectivity index (χ2v) is 4.21. The minimum atomic E-state index is 1.000. The van der Waals surface area contributed by atoms with Crippen molar-refractivity contribution in [1.82, 2.24) is 0 Å². The number of hydrogen-bond donors (Lipinski definition) is 0. The van der Waals surface area contributed by atoms with Gasteiger partial charge in [-0.15, -0.1) is 0 Å². The van der Waals surface area contributed by atoms with E-state index in [1.54, 1.807) is 0 Å². The molecule has 0 atom stereocenters. The van der Waals surface area contributed by atoms with Gasteiger partial charge >= 0.3 is 0 Å². The van der Waals surface area contributed by atoms with Crippen LogP contribution < -0.4 is 0 Å². The third-order valence-corrected chi connectivity index (χ3v) is 3.17. The minimum absolute atomic E-state index is 1.000. The summed E-state index contributed by atoms with van der Waals surface area (Å²) in [6.07, 6.45) is 4.37. The lowest BCUT2D eigenvalue weighted by Gasteiger charge is -2.01. The molecule has 2 aromatic rings. The van der Waals surface area contributed by atoms with Gasteiger partial charge in [0.1, 0.15) is 0 Å². The van der Waals surface area contributed by atoms with Crippen LogP contribution >= 0.6 is 0 Å². The van der Waals surface area contributed by atoms with E-state index in [4.69, 9.17) is 5.26 Å². The topological polar surface area (TPSA) is 23.8 Å². The highest BCUT2D eigenvalue weighted by molar-refractivity contribution is 5.78. The molecule has 1 heteroatoms. The van der Waals surface area contributed by atoms with Crippen molar-refractivity contribution in [2.45, 2.75) is 6.42 Å². The van der Waals surface area contributed by atoms with Crippen molar-refractivity contribution in [3.8, 4) is 17.2 Å². The molecule has 0 aromatic heterocycles. The molecule has 0 unspecified atom stereocenters. The summed E-state index contributed by atoms with van der Waals surface area (Å²) >= 11 is 0. The maximum atomic E-state index is 8.53. The van der Waals surface area contributed by atoms with Crippen LogP contribution in [0, 0.1) is 11.3 Å². The van der Waals surface area contributed by atoms with Gasteiger partial charge in [0.2, 0.25) is 0 Å². The summed E-state index contributed by atoms with van der Waals surface area (Å²) in [6, 6.07) is 16.9. The van der Waals surface area contributed by atoms with Gasteiger partial charge in [-0.2, -0.15) is 5.26 Å². The Morgan fingerprint density at radius 1 is 1.00 bits per heavy atom. The van der Waals surface area contributed by atoms with Crippen molar-refractivity contribution < 1.29 is 0 Å². The van der Waals surface area contributed by atoms with E-state index in [0.29, 0.717) is 0 Å². The zero-order chi connectivity index (χ0) is 11.7. The zero-order valence-corrected chi connectivity index (χ0v) is 9.35. The van der Waals surface area contributed by atoms with Crippen LogP contribution in [0.1, 0.15) is 16.7 Å². The van der Waals surface area contributed by atoms with E-state index in [1.807, 2.05) is 12.1 Å². The molecule has 1 aliphatic rings. The van der Waals surface area contributed by atoms with Crippen LogP contribution in [0.15, 0.2) is 48.5 Å². The second-order valence-electron chi connectivity index (χ2n) is 4.21. The number of nitriles is 1. The lowest BCUT2D eigenvalue weighted by Crippen LogP contribution is -1.81. The molecule has 1 aliphatic carbocycles. The van der Waals surface area contributed by atoms with E-state index < -0.39 is 0 Å². The molecule has 0 bridgehead atoms. The molecule has 0 fully saturated rings. The Balaban J connectivity index is 2.07. The highest BCUT2D eigenvalue weighted by atomic mass is 14.2. The number of hydrogen-bond acceptors (Lipinski definition) is 1. The van der Waals surface area contributed by atoms with Gasteiger partial charge in [0.15, 0.2) is 0 Å². The fourth-order valence-corrected chi connectivity index (χ4v) is 2.40. The fourth-order valence-electron chi connectivity index (χ4n) is 2.40. The van der Waals surface area contributed by atoms with Gasteiger partial charge in [-0.25, -0.2) is 0 Å². The quantitative estimate of drug-likeness (QED) is 0.569. The summed E-state index contributed by atoms with van der Waals surface area (Å²) in [7, 11) is 0. The number of fused-ring (bicyclic) bond motifs is 3. The second kappa shape index (κ2) is 3.92. The highest BCUT2D eigenvalue weighted by Crippen LogP contribution is 2.36. The van der Waals surface area contributed by atoms with E-state index in [0.717, 1.165) is 12.0 Å². The van der Waals surface area contributed by atoms with E-state index >= 15 is 0 Å². The van der Waals surface area contributed by atoms with Crippen LogP contribution in [0.3, 0.4) is 0 Å². The molecule has 17 heavy (non-hydrogen) atoms. The predicted octanol–water partition coefficient (Wildman–Crippen LogP) is 3.79. The summed E-state index contributed by atoms with van der Waals surface area (Å²) in [5.74, 6) is 0. The minimum Gasteiger partial charge on any atom is -0.193 e. The molecule has 2 aromatic carbocycles. The van der Waals surface area contributed by atoms with Gasteiger partial charge < -0.3 is 0 Å². The first kappa shape index (κ1) is 9.86. The van der Waals surface area contributed by atoms with Gasteiger partial charge in [0, 0.05) is 6.08 Å². The summed E-state index contributed by atoms with van der Waals surface area (Å²) in [4.78, 5) is 0. The molecule has 3 rings (SSSR count). The lowest BCUT2D eigenvalue weighted by molar-refractivity contribution is 1.26. The third-order valence-electron chi connectivity index (χ3n) is 3.17. The zero-order valence-electron chi connectivity index (χ0n) is 9.35. The Labute approximate surface area is 101 Å². The first-order valence-electron chi connectivity index (χ1n) is 5.66. The van der Waals surface area contributed by atoms with Crippen LogP contribution in [0.2, 0.25) is 0 Å². The number of rotatable bonds is 1. The van der Waals surface area contributed by atoms with Crippen molar-refractivity contribution in [3.05, 3.63) is 65.2 Å². The van der Waals surface area contributed by atoms with E-state index in [1.165, 1.54) is 28.3 Å². The van der Waals surface area contributed by atoms with E-state index in [-0.39, 0.29) is 0 Å². The number of nitrogens with zero attached hydrogens (tertiary/aromatic N) is 1. The smallest absolute Gasteiger partial charge is 0.0912 e. The average molecular weight is 217 g/mol. The maximum Gasteiger partial charge on any atom is 0.0912 e. The average Bonchev–Trinajstić information content (AvgIpc) is 2.74. The number of allylic oxidation sites excluding steroid dienone is 1. The summed E-state index contributed by atoms with van der Waals surface area (Å²) in [6.45, 7) is 0. The SMILES string of the molecule is N#CC=Cc1ccc2c(c1)Cc1ccccc1-2. The predicted molar refractivity (Wildman–Crippen MR) is 69.3 cm³/mol. The van der Waals surface area contributed by atoms with Crippen molar-refractivity contribution in [3.63, 3.8) is 0 Å². The molecular formula is C16H11N. The maximum absolute atomic E-state index is 8.53. The van der Waals surface area contributed by atoms with Gasteiger partial charge in [0.25, 0.3) is 0 Å². The Morgan fingerprint density at radius 2 is 1.82 bits per heavy atom. The van der Waals surface area contributed by atoms with Crippen LogP contribution in [0.5, 0.6) is 0 Å². The summed E-state index contributed by atoms with van der Waals surface area (Å²) in [5, 5.41) is 8.53. The summed E-state index contributed by atoms with van der Waals surface area (Å²) < 4.78 is 0. The van der Waals surface area contributed by atoms with Gasteiger partial charge in [-0.3, -0.25) is 0 Å². The molecule has 0 heterocycles. The monoisotopic (exact) mass is 217 g/mol. The van der Waals surface area contributed by atoms with E-state index in [9.17, 15) is 0 Å². The molecular weight excluding hydrogens is 206 g/mol. The van der Waals surface area contributed by atoms with Gasteiger partial charge in [-0.1, -0.05) is 42.5 Å². The van der Waals surface area contributed by atoms with Gasteiger partial charge in [0.05, 0.1) is 6.07 Å². The molecule has 1 nitrogen and oxygen atoms in total. The largest absolute Gasteiger partial charge is 0.193 e. The first-order chi connectivity index (χ1) is 8.38. The first-order valence-corrected chi connectivity index (χ1v) is 5.66. The van der Waals surface area contributed by atoms with E-state index in [2.05, 4.69) is 42.5 Å². The molecule has 0 spiro atoms. The van der Waals surface area contributed by atoms with Crippen LogP contribution in [-0.4, -0.2) is 0 Å². The Kier molecular flexibility index (Phi) is 2.27. The van der Waals surface area contributed by atoms with Crippen LogP contribution in [-0.2, 0) is 6.42 Å². The van der Waals surface area contributed by atoms with Crippen molar-refractivity contribution in [2.75, 3.05) is 0 Å². The normalized spacial score (nSPS) is 12.2. The summed E-state index contributed by atoms with van der Waals surface area (Å²) in [5.41, 5.74) is 6.52. The van der Waals surface area contributed by atoms with Crippen LogP contribution in [0.25, 0.3) is 17.2 Å². The Morgan fingerprint density at radius 3 is 2.71 bits per heavy atom. The molecule has 80 valence electrons. The molecule has 0 N–H and O–H groups in total. The fraction of sp³-hybridized carbons (Fsp3) is 0.0625. The molecule has 0 amide bonds. The highest BCUT2D eigenvalue weighted by Gasteiger charge is 2.17. The standard InChI is InChI=1S/C16H11N/c17-9-3-4-12-7-8-16-14(10-12)11-13-5-1-2-6-15(13)16/h1-8,10H,11H2. The molecule has 0 saturated heterocycles. The third kappa shape index (κ3) is 1.64. The lowest BCUT2D eigenvalue weighted by atomic mass is 10.0. The van der Waals surface area contributed by atoms with Crippen molar-refractivity contribution in [1.29, 1.82) is 5.26 Å². The molecule has 0 radical (unpaired) electrons. The Bertz CT molecular complexity index is 645.